The van der Waals surface area contributed by atoms with Crippen LogP contribution in [-0.2, 0) is 6.42 Å². The van der Waals surface area contributed by atoms with Gasteiger partial charge in [-0.15, -0.1) is 0 Å². The van der Waals surface area contributed by atoms with Gasteiger partial charge in [-0.25, -0.2) is 0 Å². The summed E-state index contributed by atoms with van der Waals surface area (Å²) in [5.74, 6) is -0.262. The number of aromatic nitrogens is 1. The van der Waals surface area contributed by atoms with Crippen LogP contribution in [0.2, 0.25) is 0 Å². The van der Waals surface area contributed by atoms with Gasteiger partial charge in [0.2, 0.25) is 0 Å². The molecule has 0 fully saturated rings. The van der Waals surface area contributed by atoms with Gasteiger partial charge in [0.1, 0.15) is 0 Å². The van der Waals surface area contributed by atoms with Crippen LogP contribution in [0.1, 0.15) is 34.5 Å². The standard InChI is InChI=1S/C16H17BrN2O2/c1-2-11-3-5-12(6-4-11)15(10-20)19-16(21)13-7-14(17)9-18-8-13/h3-9,15,20H,2,10H2,1H3,(H,19,21). The molecule has 1 unspecified atom stereocenters. The number of carbonyl (C=O) groups excluding carboxylic acids is 1. The molecule has 110 valence electrons. The van der Waals surface area contributed by atoms with Crippen molar-refractivity contribution in [1.82, 2.24) is 10.3 Å². The zero-order valence-corrected chi connectivity index (χ0v) is 13.3. The summed E-state index contributed by atoms with van der Waals surface area (Å²) in [6.45, 7) is 1.93. The molecule has 0 saturated heterocycles. The van der Waals surface area contributed by atoms with Crippen molar-refractivity contribution in [3.05, 3.63) is 63.9 Å². The molecule has 0 aliphatic heterocycles. The van der Waals surface area contributed by atoms with E-state index in [0.717, 1.165) is 16.5 Å². The highest BCUT2D eigenvalue weighted by atomic mass is 79.9. The van der Waals surface area contributed by atoms with E-state index in [-0.39, 0.29) is 12.5 Å². The predicted molar refractivity (Wildman–Crippen MR) is 85.1 cm³/mol. The van der Waals surface area contributed by atoms with Crippen molar-refractivity contribution in [2.24, 2.45) is 0 Å². The van der Waals surface area contributed by atoms with Gasteiger partial charge in [-0.2, -0.15) is 0 Å². The van der Waals surface area contributed by atoms with E-state index in [1.165, 1.54) is 11.8 Å². The number of nitrogens with one attached hydrogen (secondary N) is 1. The van der Waals surface area contributed by atoms with Crippen LogP contribution >= 0.6 is 15.9 Å². The lowest BCUT2D eigenvalue weighted by Crippen LogP contribution is -2.30. The lowest BCUT2D eigenvalue weighted by Gasteiger charge is -2.17. The quantitative estimate of drug-likeness (QED) is 0.873. The van der Waals surface area contributed by atoms with Crippen molar-refractivity contribution >= 4 is 21.8 Å². The lowest BCUT2D eigenvalue weighted by molar-refractivity contribution is 0.0915. The fourth-order valence-electron chi connectivity index (χ4n) is 2.00. The predicted octanol–water partition coefficient (Wildman–Crippen LogP) is 2.87. The van der Waals surface area contributed by atoms with Crippen LogP contribution in [0.3, 0.4) is 0 Å². The summed E-state index contributed by atoms with van der Waals surface area (Å²) in [6.07, 6.45) is 4.07. The summed E-state index contributed by atoms with van der Waals surface area (Å²) in [7, 11) is 0. The van der Waals surface area contributed by atoms with E-state index in [4.69, 9.17) is 0 Å². The third kappa shape index (κ3) is 4.12. The number of carbonyl (C=O) groups is 1. The molecule has 2 N–H and O–H groups in total. The Labute approximate surface area is 132 Å². The second kappa shape index (κ2) is 7.33. The van der Waals surface area contributed by atoms with Crippen LogP contribution in [0.4, 0.5) is 0 Å². The van der Waals surface area contributed by atoms with Gasteiger partial charge in [0.15, 0.2) is 0 Å². The normalized spacial score (nSPS) is 12.0. The average molecular weight is 349 g/mol. The molecule has 4 nitrogen and oxygen atoms in total. The number of halogens is 1. The summed E-state index contributed by atoms with van der Waals surface area (Å²) in [6, 6.07) is 9.13. The van der Waals surface area contributed by atoms with Gasteiger partial charge < -0.3 is 10.4 Å². The number of pyridine rings is 1. The van der Waals surface area contributed by atoms with E-state index >= 15 is 0 Å². The number of nitrogens with zero attached hydrogens (tertiary/aromatic N) is 1. The van der Waals surface area contributed by atoms with Crippen molar-refractivity contribution < 1.29 is 9.90 Å². The summed E-state index contributed by atoms with van der Waals surface area (Å²) >= 11 is 3.28. The van der Waals surface area contributed by atoms with Crippen LogP contribution in [0, 0.1) is 0 Å². The van der Waals surface area contributed by atoms with Crippen LogP contribution in [0.5, 0.6) is 0 Å². The molecular weight excluding hydrogens is 332 g/mol. The molecule has 1 aromatic heterocycles. The molecule has 1 heterocycles. The number of aryl methyl sites for hydroxylation is 1. The first-order valence-corrected chi connectivity index (χ1v) is 7.54. The Balaban J connectivity index is 2.12. The van der Waals surface area contributed by atoms with Crippen molar-refractivity contribution in [2.75, 3.05) is 6.61 Å². The third-order valence-corrected chi connectivity index (χ3v) is 3.68. The minimum atomic E-state index is -0.428. The summed E-state index contributed by atoms with van der Waals surface area (Å²) in [5, 5.41) is 12.3. The van der Waals surface area contributed by atoms with Crippen LogP contribution < -0.4 is 5.32 Å². The Morgan fingerprint density at radius 1 is 1.33 bits per heavy atom. The molecule has 1 amide bonds. The zero-order valence-electron chi connectivity index (χ0n) is 11.7. The van der Waals surface area contributed by atoms with E-state index in [1.54, 1.807) is 12.3 Å². The first-order chi connectivity index (χ1) is 10.1. The van der Waals surface area contributed by atoms with Gasteiger partial charge in [0.05, 0.1) is 18.2 Å². The molecule has 21 heavy (non-hydrogen) atoms. The highest BCUT2D eigenvalue weighted by molar-refractivity contribution is 9.10. The van der Waals surface area contributed by atoms with Gasteiger partial charge >= 0.3 is 0 Å². The maximum Gasteiger partial charge on any atom is 0.253 e. The Morgan fingerprint density at radius 3 is 2.62 bits per heavy atom. The van der Waals surface area contributed by atoms with Crippen LogP contribution in [-0.4, -0.2) is 22.6 Å². The number of rotatable bonds is 5. The van der Waals surface area contributed by atoms with Crippen LogP contribution in [0.25, 0.3) is 0 Å². The van der Waals surface area contributed by atoms with E-state index in [2.05, 4.69) is 33.2 Å². The Bertz CT molecular complexity index is 614. The highest BCUT2D eigenvalue weighted by Gasteiger charge is 2.15. The van der Waals surface area contributed by atoms with E-state index < -0.39 is 6.04 Å². The molecule has 0 bridgehead atoms. The molecular formula is C16H17BrN2O2. The molecule has 0 aliphatic carbocycles. The number of benzene rings is 1. The number of amides is 1. The van der Waals surface area contributed by atoms with Gasteiger partial charge in [-0.05, 0) is 39.5 Å². The van der Waals surface area contributed by atoms with E-state index in [9.17, 15) is 9.90 Å². The zero-order chi connectivity index (χ0) is 15.2. The first kappa shape index (κ1) is 15.7. The topological polar surface area (TPSA) is 62.2 Å². The molecule has 1 aromatic carbocycles. The molecule has 1 atom stereocenters. The Morgan fingerprint density at radius 2 is 2.05 bits per heavy atom. The maximum absolute atomic E-state index is 12.2. The molecule has 2 aromatic rings. The molecule has 0 saturated carbocycles. The first-order valence-electron chi connectivity index (χ1n) is 6.75. The number of hydrogen-bond acceptors (Lipinski definition) is 3. The monoisotopic (exact) mass is 348 g/mol. The van der Waals surface area contributed by atoms with Gasteiger partial charge in [-0.1, -0.05) is 31.2 Å². The van der Waals surface area contributed by atoms with Gasteiger partial charge in [0, 0.05) is 16.9 Å². The second-order valence-corrected chi connectivity index (χ2v) is 5.61. The fourth-order valence-corrected chi connectivity index (χ4v) is 2.36. The van der Waals surface area contributed by atoms with Crippen molar-refractivity contribution in [2.45, 2.75) is 19.4 Å². The Hall–Kier alpha value is -1.72. The van der Waals surface area contributed by atoms with Crippen molar-refractivity contribution in [3.8, 4) is 0 Å². The third-order valence-electron chi connectivity index (χ3n) is 3.25. The van der Waals surface area contributed by atoms with Gasteiger partial charge in [0.25, 0.3) is 5.91 Å². The molecule has 0 spiro atoms. The van der Waals surface area contributed by atoms with Crippen molar-refractivity contribution in [3.63, 3.8) is 0 Å². The molecule has 5 heteroatoms. The smallest absolute Gasteiger partial charge is 0.253 e. The lowest BCUT2D eigenvalue weighted by atomic mass is 10.0. The highest BCUT2D eigenvalue weighted by Crippen LogP contribution is 2.16. The number of aliphatic hydroxyl groups excluding tert-OH is 1. The van der Waals surface area contributed by atoms with Crippen molar-refractivity contribution in [1.29, 1.82) is 0 Å². The summed E-state index contributed by atoms with van der Waals surface area (Å²) < 4.78 is 0.739. The molecule has 0 aliphatic rings. The van der Waals surface area contributed by atoms with Gasteiger partial charge in [-0.3, -0.25) is 9.78 Å². The second-order valence-electron chi connectivity index (χ2n) is 4.70. The minimum absolute atomic E-state index is 0.154. The van der Waals surface area contributed by atoms with E-state index in [0.29, 0.717) is 5.56 Å². The largest absolute Gasteiger partial charge is 0.394 e. The summed E-state index contributed by atoms with van der Waals surface area (Å²) in [4.78, 5) is 16.1. The number of aliphatic hydroxyl groups is 1. The van der Waals surface area contributed by atoms with Crippen LogP contribution in [0.15, 0.2) is 47.2 Å². The molecule has 0 radical (unpaired) electrons. The number of hydrogen-bond donors (Lipinski definition) is 2. The SMILES string of the molecule is CCc1ccc(C(CO)NC(=O)c2cncc(Br)c2)cc1. The fraction of sp³-hybridized carbons (Fsp3) is 0.250. The van der Waals surface area contributed by atoms with E-state index in [1.807, 2.05) is 24.3 Å². The maximum atomic E-state index is 12.2. The molecule has 2 rings (SSSR count). The minimum Gasteiger partial charge on any atom is -0.394 e. The summed E-state index contributed by atoms with van der Waals surface area (Å²) in [5.41, 5.74) is 2.55. The Kier molecular flexibility index (Phi) is 5.47. The average Bonchev–Trinajstić information content (AvgIpc) is 2.52.